The lowest BCUT2D eigenvalue weighted by Gasteiger charge is -2.23. The lowest BCUT2D eigenvalue weighted by atomic mass is 9.98. The van der Waals surface area contributed by atoms with Crippen molar-refractivity contribution >= 4 is 18.0 Å². The van der Waals surface area contributed by atoms with Gasteiger partial charge >= 0.3 is 11.9 Å². The second-order valence-corrected chi connectivity index (χ2v) is 4.96. The zero-order valence-electron chi connectivity index (χ0n) is 12.2. The second-order valence-electron chi connectivity index (χ2n) is 4.96. The highest BCUT2D eigenvalue weighted by Gasteiger charge is 2.23. The van der Waals surface area contributed by atoms with Crippen LogP contribution in [-0.4, -0.2) is 11.9 Å². The summed E-state index contributed by atoms with van der Waals surface area (Å²) in [6.45, 7) is 2.62. The molecule has 3 rings (SSSR count). The van der Waals surface area contributed by atoms with E-state index in [1.807, 2.05) is 24.3 Å². The molecule has 1 aliphatic heterocycles. The van der Waals surface area contributed by atoms with Crippen LogP contribution in [0.15, 0.2) is 41.7 Å². The summed E-state index contributed by atoms with van der Waals surface area (Å²) in [4.78, 5) is 22.4. The molecule has 0 radical (unpaired) electrons. The van der Waals surface area contributed by atoms with Gasteiger partial charge in [0.25, 0.3) is 0 Å². The van der Waals surface area contributed by atoms with Crippen LogP contribution in [0.5, 0.6) is 17.2 Å². The van der Waals surface area contributed by atoms with Gasteiger partial charge in [-0.1, -0.05) is 12.2 Å². The largest absolute Gasteiger partial charge is 0.456 e. The van der Waals surface area contributed by atoms with Crippen molar-refractivity contribution in [3.63, 3.8) is 0 Å². The standard InChI is InChI=1S/C17H14O5/c1-10(18)20-13-8-16(21-11(2)19)14-7-12-5-3-4-6-15(12)22-17(14)9-13/h3-4,6-9H,5H2,1-2H3. The highest BCUT2D eigenvalue weighted by molar-refractivity contribution is 5.79. The number of hydrogen-bond donors (Lipinski definition) is 0. The van der Waals surface area contributed by atoms with Crippen LogP contribution >= 0.6 is 0 Å². The number of benzene rings is 1. The summed E-state index contributed by atoms with van der Waals surface area (Å²) in [5, 5.41) is 0. The smallest absolute Gasteiger partial charge is 0.308 e. The molecule has 1 aromatic rings. The monoisotopic (exact) mass is 298 g/mol. The summed E-state index contributed by atoms with van der Waals surface area (Å²) in [6, 6.07) is 3.12. The van der Waals surface area contributed by atoms with Crippen LogP contribution in [0.3, 0.4) is 0 Å². The Morgan fingerprint density at radius 1 is 1.14 bits per heavy atom. The molecule has 2 aliphatic rings. The van der Waals surface area contributed by atoms with Gasteiger partial charge in [0, 0.05) is 26.0 Å². The highest BCUT2D eigenvalue weighted by Crippen LogP contribution is 2.42. The third kappa shape index (κ3) is 2.79. The van der Waals surface area contributed by atoms with Crippen molar-refractivity contribution < 1.29 is 23.8 Å². The number of ether oxygens (including phenoxy) is 3. The Morgan fingerprint density at radius 3 is 2.64 bits per heavy atom. The molecule has 0 fully saturated rings. The van der Waals surface area contributed by atoms with Gasteiger partial charge < -0.3 is 14.2 Å². The van der Waals surface area contributed by atoms with Crippen LogP contribution in [0.1, 0.15) is 25.8 Å². The summed E-state index contributed by atoms with van der Waals surface area (Å²) in [5.74, 6) is 0.892. The summed E-state index contributed by atoms with van der Waals surface area (Å²) in [5.41, 5.74) is 1.66. The second kappa shape index (κ2) is 5.52. The third-order valence-corrected chi connectivity index (χ3v) is 3.17. The molecule has 0 spiro atoms. The minimum Gasteiger partial charge on any atom is -0.456 e. The average molecular weight is 298 g/mol. The Kier molecular flexibility index (Phi) is 3.55. The zero-order valence-corrected chi connectivity index (χ0v) is 12.2. The first-order valence-electron chi connectivity index (χ1n) is 6.83. The Hall–Kier alpha value is -2.82. The maximum Gasteiger partial charge on any atom is 0.308 e. The van der Waals surface area contributed by atoms with Crippen LogP contribution in [-0.2, 0) is 9.59 Å². The molecule has 0 atom stereocenters. The van der Waals surface area contributed by atoms with Crippen LogP contribution in [0.25, 0.3) is 6.08 Å². The van der Waals surface area contributed by atoms with Crippen LogP contribution in [0.4, 0.5) is 0 Å². The fourth-order valence-electron chi connectivity index (χ4n) is 2.35. The number of rotatable bonds is 2. The van der Waals surface area contributed by atoms with Crippen molar-refractivity contribution in [3.8, 4) is 17.2 Å². The Morgan fingerprint density at radius 2 is 1.91 bits per heavy atom. The number of esters is 2. The molecule has 0 unspecified atom stereocenters. The normalized spacial score (nSPS) is 14.8. The SMILES string of the molecule is CC(=O)Oc1cc(OC(C)=O)c2c(c1)OC1=CC=CCC1=C2. The minimum atomic E-state index is -0.458. The van der Waals surface area contributed by atoms with Crippen molar-refractivity contribution in [3.05, 3.63) is 47.3 Å². The summed E-state index contributed by atoms with van der Waals surface area (Å²) in [6.07, 6.45) is 8.46. The molecule has 1 aliphatic carbocycles. The first-order valence-corrected chi connectivity index (χ1v) is 6.83. The number of carbonyl (C=O) groups is 2. The first-order chi connectivity index (χ1) is 10.5. The zero-order chi connectivity index (χ0) is 15.7. The van der Waals surface area contributed by atoms with Crippen molar-refractivity contribution in [1.29, 1.82) is 0 Å². The predicted octanol–water partition coefficient (Wildman–Crippen LogP) is 3.16. The van der Waals surface area contributed by atoms with Gasteiger partial charge in [0.15, 0.2) is 0 Å². The Labute approximate surface area is 127 Å². The average Bonchev–Trinajstić information content (AvgIpc) is 2.44. The minimum absolute atomic E-state index is 0.270. The molecule has 112 valence electrons. The van der Waals surface area contributed by atoms with E-state index < -0.39 is 11.9 Å². The molecule has 22 heavy (non-hydrogen) atoms. The van der Waals surface area contributed by atoms with E-state index in [0.29, 0.717) is 17.1 Å². The number of hydrogen-bond acceptors (Lipinski definition) is 5. The van der Waals surface area contributed by atoms with E-state index in [4.69, 9.17) is 14.2 Å². The predicted molar refractivity (Wildman–Crippen MR) is 79.5 cm³/mol. The molecule has 1 heterocycles. The fourth-order valence-corrected chi connectivity index (χ4v) is 2.35. The van der Waals surface area contributed by atoms with Gasteiger partial charge in [-0.2, -0.15) is 0 Å². The summed E-state index contributed by atoms with van der Waals surface area (Å²) >= 11 is 0. The van der Waals surface area contributed by atoms with Gasteiger partial charge in [-0.25, -0.2) is 0 Å². The van der Waals surface area contributed by atoms with E-state index in [1.54, 1.807) is 6.07 Å². The number of carbonyl (C=O) groups excluding carboxylic acids is 2. The Bertz CT molecular complexity index is 753. The van der Waals surface area contributed by atoms with Gasteiger partial charge in [0.1, 0.15) is 23.0 Å². The van der Waals surface area contributed by atoms with Crippen molar-refractivity contribution in [2.45, 2.75) is 20.3 Å². The molecule has 0 amide bonds. The van der Waals surface area contributed by atoms with Crippen LogP contribution in [0.2, 0.25) is 0 Å². The first kappa shape index (κ1) is 14.1. The molecular formula is C17H14O5. The van der Waals surface area contributed by atoms with E-state index >= 15 is 0 Å². The van der Waals surface area contributed by atoms with Crippen LogP contribution < -0.4 is 14.2 Å². The fraction of sp³-hybridized carbons (Fsp3) is 0.176. The van der Waals surface area contributed by atoms with Gasteiger partial charge in [-0.05, 0) is 24.1 Å². The maximum absolute atomic E-state index is 11.3. The molecule has 1 aromatic carbocycles. The van der Waals surface area contributed by atoms with Crippen molar-refractivity contribution in [2.75, 3.05) is 0 Å². The summed E-state index contributed by atoms with van der Waals surface area (Å²) < 4.78 is 16.1. The van der Waals surface area contributed by atoms with Gasteiger partial charge in [0.05, 0.1) is 5.56 Å². The molecule has 0 bridgehead atoms. The van der Waals surface area contributed by atoms with E-state index in [0.717, 1.165) is 17.8 Å². The van der Waals surface area contributed by atoms with Crippen molar-refractivity contribution in [1.82, 2.24) is 0 Å². The molecule has 0 saturated heterocycles. The molecular weight excluding hydrogens is 284 g/mol. The number of allylic oxidation sites excluding steroid dienone is 4. The molecule has 0 N–H and O–H groups in total. The lowest BCUT2D eigenvalue weighted by Crippen LogP contribution is -2.11. The molecule has 5 nitrogen and oxygen atoms in total. The van der Waals surface area contributed by atoms with E-state index in [-0.39, 0.29) is 5.75 Å². The van der Waals surface area contributed by atoms with Gasteiger partial charge in [-0.3, -0.25) is 9.59 Å². The topological polar surface area (TPSA) is 61.8 Å². The molecule has 0 saturated carbocycles. The van der Waals surface area contributed by atoms with Gasteiger partial charge in [-0.15, -0.1) is 0 Å². The van der Waals surface area contributed by atoms with E-state index in [1.165, 1.54) is 19.9 Å². The van der Waals surface area contributed by atoms with E-state index in [9.17, 15) is 9.59 Å². The molecule has 5 heteroatoms. The Balaban J connectivity index is 2.09. The van der Waals surface area contributed by atoms with Crippen LogP contribution in [0, 0.1) is 0 Å². The highest BCUT2D eigenvalue weighted by atomic mass is 16.5. The van der Waals surface area contributed by atoms with E-state index in [2.05, 4.69) is 0 Å². The maximum atomic E-state index is 11.3. The summed E-state index contributed by atoms with van der Waals surface area (Å²) in [7, 11) is 0. The van der Waals surface area contributed by atoms with Crippen molar-refractivity contribution in [2.24, 2.45) is 0 Å². The lowest BCUT2D eigenvalue weighted by molar-refractivity contribution is -0.132. The van der Waals surface area contributed by atoms with Gasteiger partial charge in [0.2, 0.25) is 0 Å². The number of fused-ring (bicyclic) bond motifs is 2. The third-order valence-electron chi connectivity index (χ3n) is 3.17. The quantitative estimate of drug-likeness (QED) is 0.620. The molecule has 0 aromatic heterocycles.